The molecule has 99 heavy (non-hydrogen) atoms. The van der Waals surface area contributed by atoms with E-state index < -0.39 is 161 Å². The average Bonchev–Trinajstić information content (AvgIpc) is 0.820. The van der Waals surface area contributed by atoms with E-state index >= 15 is 33.6 Å². The molecule has 0 spiro atoms. The molecule has 0 aromatic rings. The molecule has 27 nitrogen and oxygen atoms in total. The van der Waals surface area contributed by atoms with Crippen LogP contribution in [0, 0.1) is 35.5 Å². The summed E-state index contributed by atoms with van der Waals surface area (Å²) < 4.78 is 16.8. The number of methoxy groups -OCH3 is 1. The molecular weight excluding hydrogens is 1290 g/mol. The molecular formula is C71H130N12O15S. The molecule has 0 radical (unpaired) electrons. The Kier molecular flexibility index (Phi) is 41.5. The van der Waals surface area contributed by atoms with Gasteiger partial charge < -0.3 is 79.8 Å². The first-order chi connectivity index (χ1) is 46.3. The van der Waals surface area contributed by atoms with Gasteiger partial charge in [0.15, 0.2) is 5.37 Å². The van der Waals surface area contributed by atoms with Crippen molar-refractivity contribution in [3.8, 4) is 0 Å². The third-order valence-electron chi connectivity index (χ3n) is 18.4. The molecule has 0 aliphatic carbocycles. The van der Waals surface area contributed by atoms with Gasteiger partial charge in [-0.1, -0.05) is 109 Å². The van der Waals surface area contributed by atoms with Crippen LogP contribution in [0.5, 0.6) is 0 Å². The molecule has 11 amide bonds. The highest BCUT2D eigenvalue weighted by molar-refractivity contribution is 8.00. The summed E-state index contributed by atoms with van der Waals surface area (Å²) >= 11 is 1.15. The van der Waals surface area contributed by atoms with Gasteiger partial charge in [-0.05, 0) is 120 Å². The summed E-state index contributed by atoms with van der Waals surface area (Å²) in [5, 5.41) is 22.1. The lowest BCUT2D eigenvalue weighted by atomic mass is 9.91. The zero-order chi connectivity index (χ0) is 76.0. The summed E-state index contributed by atoms with van der Waals surface area (Å²) in [5.74, 6) is -9.88. The van der Waals surface area contributed by atoms with E-state index in [4.69, 9.17) is 14.2 Å². The van der Waals surface area contributed by atoms with Gasteiger partial charge in [0.1, 0.15) is 60.4 Å². The predicted octanol–water partition coefficient (Wildman–Crippen LogP) is 3.69. The second-order valence-electron chi connectivity index (χ2n) is 28.4. The van der Waals surface area contributed by atoms with Gasteiger partial charge in [0.05, 0.1) is 39.1 Å². The Morgan fingerprint density at radius 3 is 1.48 bits per heavy atom. The van der Waals surface area contributed by atoms with Gasteiger partial charge in [0.2, 0.25) is 59.1 Å². The van der Waals surface area contributed by atoms with Gasteiger partial charge in [-0.25, -0.2) is 0 Å². The third kappa shape index (κ3) is 27.7. The number of hydrogen-bond donors (Lipinski definition) is 5. The van der Waals surface area contributed by atoms with Crippen LogP contribution in [0.15, 0.2) is 12.2 Å². The molecule has 28 heteroatoms. The lowest BCUT2D eigenvalue weighted by Gasteiger charge is -2.41. The lowest BCUT2D eigenvalue weighted by Crippen LogP contribution is -2.64. The van der Waals surface area contributed by atoms with E-state index in [0.29, 0.717) is 25.3 Å². The standard InChI is InChI=1S/C71H130N12O15S/c1-26-30-32-48(15)59(84)58-63(88)74-51(27-2)65(90)82(24)71(99-38-31-33-83(28-3)29-4)70(95)79(21)55(42-98-37-36-97-35-34-96-25)62(87)75-56(46(11)12)68(93)76(18)52(39-43(5)6)61(86)72-49(16)60(85)73-50(17)64(89)77(19)53(40-44(7)8)66(91)78(20)54(41-45(9)10)67(92)80(22)57(47(13)14)69(94)81(58)23/h26,30,43-59,71,84H,27-29,31-42H2,1-25H3,(H,72,86)(H,73,85)(H,74,88)(H,75,87)/b30-26+/t48-,49+,50-,51+,52+,53+,54+,55+,56+,57+,58+,59-,71-/m1/s1. The van der Waals surface area contributed by atoms with Crippen molar-refractivity contribution >= 4 is 76.7 Å². The summed E-state index contributed by atoms with van der Waals surface area (Å²) in [6.45, 7) is 32.6. The first-order valence-corrected chi connectivity index (χ1v) is 36.7. The van der Waals surface area contributed by atoms with Crippen molar-refractivity contribution < 1.29 is 72.1 Å². The Labute approximate surface area is 597 Å². The highest BCUT2D eigenvalue weighted by Gasteiger charge is 2.46. The minimum absolute atomic E-state index is 0.0209. The first kappa shape index (κ1) is 91.1. The maximum atomic E-state index is 15.5. The normalized spacial score (nSPS) is 25.6. The van der Waals surface area contributed by atoms with E-state index in [1.165, 1.54) is 94.8 Å². The van der Waals surface area contributed by atoms with Crippen molar-refractivity contribution in [3.63, 3.8) is 0 Å². The Morgan fingerprint density at radius 1 is 0.505 bits per heavy atom. The number of nitrogens with zero attached hydrogens (tertiary/aromatic N) is 8. The summed E-state index contributed by atoms with van der Waals surface area (Å²) in [7, 11) is 11.5. The number of thioether (sulfide) groups is 1. The largest absolute Gasteiger partial charge is 0.390 e. The molecule has 0 aromatic heterocycles. The number of amides is 11. The van der Waals surface area contributed by atoms with Gasteiger partial charge in [-0.3, -0.25) is 52.7 Å². The number of carbonyl (C=O) groups excluding carboxylic acids is 11. The maximum Gasteiger partial charge on any atom is 0.256 e. The van der Waals surface area contributed by atoms with Crippen molar-refractivity contribution in [2.24, 2.45) is 35.5 Å². The molecule has 1 fully saturated rings. The molecule has 1 aliphatic rings. The van der Waals surface area contributed by atoms with E-state index in [9.17, 15) is 24.3 Å². The predicted molar refractivity (Wildman–Crippen MR) is 386 cm³/mol. The van der Waals surface area contributed by atoms with Crippen LogP contribution in [-0.4, -0.2) is 296 Å². The molecule has 1 heterocycles. The van der Waals surface area contributed by atoms with Crippen molar-refractivity contribution in [1.82, 2.24) is 60.5 Å². The van der Waals surface area contributed by atoms with Gasteiger partial charge in [0, 0.05) is 56.4 Å². The minimum Gasteiger partial charge on any atom is -0.390 e. The summed E-state index contributed by atoms with van der Waals surface area (Å²) in [5.41, 5.74) is 0. The Morgan fingerprint density at radius 2 is 0.980 bits per heavy atom. The number of rotatable bonds is 28. The van der Waals surface area contributed by atoms with Crippen LogP contribution in [0.1, 0.15) is 156 Å². The zero-order valence-corrected chi connectivity index (χ0v) is 65.6. The van der Waals surface area contributed by atoms with Gasteiger partial charge >= 0.3 is 0 Å². The molecule has 1 aliphatic heterocycles. The molecule has 0 unspecified atom stereocenters. The molecule has 570 valence electrons. The van der Waals surface area contributed by atoms with E-state index in [1.807, 2.05) is 61.5 Å². The highest BCUT2D eigenvalue weighted by Crippen LogP contribution is 2.27. The minimum atomic E-state index is -1.66. The number of hydrogen-bond acceptors (Lipinski definition) is 17. The van der Waals surface area contributed by atoms with Crippen molar-refractivity contribution in [3.05, 3.63) is 12.2 Å². The van der Waals surface area contributed by atoms with E-state index in [-0.39, 0.29) is 69.7 Å². The lowest BCUT2D eigenvalue weighted by molar-refractivity contribution is -0.157. The van der Waals surface area contributed by atoms with Crippen molar-refractivity contribution in [1.29, 1.82) is 0 Å². The Hall–Kier alpha value is -5.94. The van der Waals surface area contributed by atoms with Crippen molar-refractivity contribution in [2.75, 3.05) is 115 Å². The summed E-state index contributed by atoms with van der Waals surface area (Å²) in [6, 6.07) is -13.1. The fraction of sp³-hybridized carbons (Fsp3) is 0.817. The summed E-state index contributed by atoms with van der Waals surface area (Å²) in [4.78, 5) is 176. The number of aliphatic hydroxyl groups excluding tert-OH is 1. The van der Waals surface area contributed by atoms with Crippen LogP contribution >= 0.6 is 11.8 Å². The van der Waals surface area contributed by atoms with E-state index in [1.54, 1.807) is 54.5 Å². The number of allylic oxidation sites excluding steroid dienone is 2. The Balaban J connectivity index is 4.60. The van der Waals surface area contributed by atoms with E-state index in [2.05, 4.69) is 26.2 Å². The fourth-order valence-electron chi connectivity index (χ4n) is 11.9. The molecule has 13 atom stereocenters. The van der Waals surface area contributed by atoms with Crippen LogP contribution in [0.2, 0.25) is 0 Å². The number of ether oxygens (including phenoxy) is 3. The highest BCUT2D eigenvalue weighted by atomic mass is 32.2. The monoisotopic (exact) mass is 1420 g/mol. The van der Waals surface area contributed by atoms with Gasteiger partial charge in [-0.2, -0.15) is 0 Å². The molecule has 1 saturated heterocycles. The maximum absolute atomic E-state index is 15.5. The van der Waals surface area contributed by atoms with Crippen LogP contribution in [0.3, 0.4) is 0 Å². The number of nitrogens with one attached hydrogen (secondary N) is 4. The van der Waals surface area contributed by atoms with Crippen LogP contribution in [0.4, 0.5) is 0 Å². The van der Waals surface area contributed by atoms with Crippen molar-refractivity contribution in [2.45, 2.75) is 228 Å². The molecule has 0 bridgehead atoms. The number of carbonyl (C=O) groups is 11. The van der Waals surface area contributed by atoms with Gasteiger partial charge in [0.25, 0.3) is 5.91 Å². The number of likely N-dealkylation sites (N-methyl/N-ethyl adjacent to an activating group) is 7. The molecule has 0 aromatic carbocycles. The fourth-order valence-corrected chi connectivity index (χ4v) is 13.1. The Bertz CT molecular complexity index is 2610. The second kappa shape index (κ2) is 45.1. The van der Waals surface area contributed by atoms with Crippen LogP contribution in [0.25, 0.3) is 0 Å². The van der Waals surface area contributed by atoms with Gasteiger partial charge in [-0.15, -0.1) is 11.8 Å². The molecule has 0 saturated carbocycles. The van der Waals surface area contributed by atoms with E-state index in [0.717, 1.165) is 34.7 Å². The smallest absolute Gasteiger partial charge is 0.256 e. The SMILES string of the molecule is C/C=C/C[C@@H](C)[C@@H](O)[C@H]1C(=O)N[C@@H](CC)C(=O)N(C)[C@H](SCCCN(CC)CC)C(=O)N(C)[C@@H](COCCOCCOC)C(=O)N[C@@H](C(C)C)C(=O)N(C)[C@@H](CC(C)C)C(=O)N[C@@H](C)C(=O)N[C@H](C)C(=O)N(C)[C@@H](CC(C)C)C(=O)N(C)[C@@H](CC(C)C)C(=O)N(C)[C@@H](C(C)C)C(=O)N1C. The second-order valence-corrected chi connectivity index (χ2v) is 29.6. The van der Waals surface area contributed by atoms with Crippen LogP contribution < -0.4 is 21.3 Å². The first-order valence-electron chi connectivity index (χ1n) is 35.6. The zero-order valence-electron chi connectivity index (χ0n) is 64.8. The molecule has 5 N–H and O–H groups in total. The number of aliphatic hydroxyl groups is 1. The average molecular weight is 1420 g/mol. The molecule has 1 rings (SSSR count). The summed E-state index contributed by atoms with van der Waals surface area (Å²) in [6.07, 6.45) is 3.29. The topological polar surface area (TPSA) is 310 Å². The third-order valence-corrected chi connectivity index (χ3v) is 19.7. The van der Waals surface area contributed by atoms with Crippen LogP contribution in [-0.2, 0) is 67.0 Å². The quantitative estimate of drug-likeness (QED) is 0.0551.